The van der Waals surface area contributed by atoms with Crippen molar-refractivity contribution in [1.29, 1.82) is 0 Å². The number of nitrogens with one attached hydrogen (secondary N) is 3. The van der Waals surface area contributed by atoms with Gasteiger partial charge in [-0.2, -0.15) is 0 Å². The topological polar surface area (TPSA) is 96.2 Å². The van der Waals surface area contributed by atoms with Gasteiger partial charge < -0.3 is 21.7 Å². The normalized spacial score (nSPS) is 23.3. The van der Waals surface area contributed by atoms with Crippen molar-refractivity contribution in [2.24, 2.45) is 5.73 Å². The van der Waals surface area contributed by atoms with Gasteiger partial charge in [0.1, 0.15) is 6.17 Å². The standard InChI is InChI=1S/C5H10N4O2/c6-4(10)8-3-1-2-7-5(11)9-3/h3H,1-2H2,(H3,6,8,10)(H2,7,9,11). The quantitative estimate of drug-likeness (QED) is 0.381. The number of primary amides is 1. The van der Waals surface area contributed by atoms with Gasteiger partial charge in [0, 0.05) is 13.0 Å². The third kappa shape index (κ3) is 2.32. The Hall–Kier alpha value is -1.46. The van der Waals surface area contributed by atoms with Crippen molar-refractivity contribution in [3.8, 4) is 0 Å². The summed E-state index contributed by atoms with van der Waals surface area (Å²) >= 11 is 0. The Balaban J connectivity index is 2.34. The number of carbonyl (C=O) groups excluding carboxylic acids is 2. The van der Waals surface area contributed by atoms with Crippen LogP contribution in [0.5, 0.6) is 0 Å². The fraction of sp³-hybridized carbons (Fsp3) is 0.600. The Bertz CT molecular complexity index is 179. The van der Waals surface area contributed by atoms with Gasteiger partial charge in [-0.05, 0) is 0 Å². The molecular weight excluding hydrogens is 148 g/mol. The lowest BCUT2D eigenvalue weighted by molar-refractivity contribution is 0.220. The summed E-state index contributed by atoms with van der Waals surface area (Å²) in [6, 6.07) is -0.910. The van der Waals surface area contributed by atoms with Crippen molar-refractivity contribution in [3.63, 3.8) is 0 Å². The zero-order valence-electron chi connectivity index (χ0n) is 5.89. The van der Waals surface area contributed by atoms with Crippen molar-refractivity contribution in [3.05, 3.63) is 0 Å². The van der Waals surface area contributed by atoms with Gasteiger partial charge in [0.2, 0.25) is 0 Å². The first kappa shape index (κ1) is 7.64. The highest BCUT2D eigenvalue weighted by atomic mass is 16.2. The Kier molecular flexibility index (Phi) is 2.15. The van der Waals surface area contributed by atoms with Gasteiger partial charge >= 0.3 is 12.1 Å². The maximum Gasteiger partial charge on any atom is 0.316 e. The van der Waals surface area contributed by atoms with Gasteiger partial charge in [0.25, 0.3) is 0 Å². The van der Waals surface area contributed by atoms with Gasteiger partial charge in [0.05, 0.1) is 0 Å². The molecule has 11 heavy (non-hydrogen) atoms. The SMILES string of the molecule is NC(=O)NC1CCNC(=O)N1. The Morgan fingerprint density at radius 3 is 3.00 bits per heavy atom. The van der Waals surface area contributed by atoms with E-state index in [2.05, 4.69) is 16.0 Å². The van der Waals surface area contributed by atoms with Gasteiger partial charge in [-0.15, -0.1) is 0 Å². The molecule has 4 amide bonds. The van der Waals surface area contributed by atoms with E-state index in [0.717, 1.165) is 0 Å². The first-order valence-corrected chi connectivity index (χ1v) is 3.29. The van der Waals surface area contributed by atoms with Crippen LogP contribution in [0.4, 0.5) is 9.59 Å². The number of hydrogen-bond donors (Lipinski definition) is 4. The monoisotopic (exact) mass is 158 g/mol. The number of carbonyl (C=O) groups is 2. The highest BCUT2D eigenvalue weighted by Gasteiger charge is 2.17. The number of hydrogen-bond acceptors (Lipinski definition) is 2. The summed E-state index contributed by atoms with van der Waals surface area (Å²) in [5.74, 6) is 0. The first-order chi connectivity index (χ1) is 5.18. The first-order valence-electron chi connectivity index (χ1n) is 3.29. The van der Waals surface area contributed by atoms with Crippen LogP contribution in [-0.2, 0) is 0 Å². The molecule has 0 spiro atoms. The Morgan fingerprint density at radius 2 is 2.45 bits per heavy atom. The highest BCUT2D eigenvalue weighted by molar-refractivity contribution is 5.77. The van der Waals surface area contributed by atoms with Gasteiger partial charge in [0.15, 0.2) is 0 Å². The van der Waals surface area contributed by atoms with Crippen LogP contribution in [0.1, 0.15) is 6.42 Å². The summed E-state index contributed by atoms with van der Waals surface area (Å²) in [4.78, 5) is 21.0. The van der Waals surface area contributed by atoms with E-state index in [0.29, 0.717) is 13.0 Å². The predicted molar refractivity (Wildman–Crippen MR) is 37.7 cm³/mol. The molecule has 1 aliphatic heterocycles. The fourth-order valence-corrected chi connectivity index (χ4v) is 0.891. The van der Waals surface area contributed by atoms with Crippen LogP contribution in [-0.4, -0.2) is 24.8 Å². The lowest BCUT2D eigenvalue weighted by atomic mass is 10.3. The minimum atomic E-state index is -0.628. The van der Waals surface area contributed by atoms with Crippen molar-refractivity contribution in [2.75, 3.05) is 6.54 Å². The molecule has 62 valence electrons. The van der Waals surface area contributed by atoms with Crippen LogP contribution >= 0.6 is 0 Å². The molecule has 0 aliphatic carbocycles. The molecule has 1 unspecified atom stereocenters. The molecule has 0 radical (unpaired) electrons. The summed E-state index contributed by atoms with van der Waals surface area (Å²) in [5, 5.41) is 7.41. The van der Waals surface area contributed by atoms with Crippen LogP contribution in [0.3, 0.4) is 0 Å². The second kappa shape index (κ2) is 3.09. The lowest BCUT2D eigenvalue weighted by Gasteiger charge is -2.23. The predicted octanol–water partition coefficient (Wildman–Crippen LogP) is -1.32. The maximum atomic E-state index is 10.6. The van der Waals surface area contributed by atoms with Crippen molar-refractivity contribution < 1.29 is 9.59 Å². The number of urea groups is 2. The van der Waals surface area contributed by atoms with E-state index in [4.69, 9.17) is 5.73 Å². The largest absolute Gasteiger partial charge is 0.352 e. The number of nitrogens with two attached hydrogens (primary N) is 1. The molecule has 1 atom stereocenters. The highest BCUT2D eigenvalue weighted by Crippen LogP contribution is 1.91. The molecule has 0 aromatic carbocycles. The Morgan fingerprint density at radius 1 is 1.73 bits per heavy atom. The molecule has 0 aromatic heterocycles. The van der Waals surface area contributed by atoms with Gasteiger partial charge in [-0.1, -0.05) is 0 Å². The summed E-state index contributed by atoms with van der Waals surface area (Å²) < 4.78 is 0. The van der Waals surface area contributed by atoms with E-state index >= 15 is 0 Å². The third-order valence-corrected chi connectivity index (χ3v) is 1.34. The van der Waals surface area contributed by atoms with E-state index in [-0.39, 0.29) is 12.2 Å². The van der Waals surface area contributed by atoms with Crippen LogP contribution in [0.2, 0.25) is 0 Å². The zero-order valence-corrected chi connectivity index (χ0v) is 5.89. The second-order valence-corrected chi connectivity index (χ2v) is 2.25. The fourth-order valence-electron chi connectivity index (χ4n) is 0.891. The molecule has 1 saturated heterocycles. The van der Waals surface area contributed by atoms with Crippen molar-refractivity contribution >= 4 is 12.1 Å². The van der Waals surface area contributed by atoms with Crippen LogP contribution < -0.4 is 21.7 Å². The van der Waals surface area contributed by atoms with Gasteiger partial charge in [-0.25, -0.2) is 9.59 Å². The zero-order chi connectivity index (χ0) is 8.27. The maximum absolute atomic E-state index is 10.6. The molecule has 5 N–H and O–H groups in total. The molecule has 0 aromatic rings. The average molecular weight is 158 g/mol. The summed E-state index contributed by atoms with van der Waals surface area (Å²) in [6.07, 6.45) is 0.315. The smallest absolute Gasteiger partial charge is 0.316 e. The average Bonchev–Trinajstić information content (AvgIpc) is 1.85. The van der Waals surface area contributed by atoms with Crippen molar-refractivity contribution in [1.82, 2.24) is 16.0 Å². The van der Waals surface area contributed by atoms with Crippen LogP contribution in [0.15, 0.2) is 0 Å². The lowest BCUT2D eigenvalue weighted by Crippen LogP contribution is -2.57. The summed E-state index contributed by atoms with van der Waals surface area (Å²) in [5.41, 5.74) is 4.85. The molecular formula is C5H10N4O2. The summed E-state index contributed by atoms with van der Waals surface area (Å²) in [7, 11) is 0. The van der Waals surface area contributed by atoms with E-state index in [1.165, 1.54) is 0 Å². The third-order valence-electron chi connectivity index (χ3n) is 1.34. The molecule has 1 rings (SSSR count). The number of rotatable bonds is 1. The molecule has 1 fully saturated rings. The van der Waals surface area contributed by atoms with E-state index in [1.54, 1.807) is 0 Å². The minimum absolute atomic E-state index is 0.282. The van der Waals surface area contributed by atoms with E-state index in [1.807, 2.05) is 0 Å². The Labute approximate surface area is 63.5 Å². The molecule has 1 aliphatic rings. The molecule has 0 saturated carbocycles. The van der Waals surface area contributed by atoms with Gasteiger partial charge in [-0.3, -0.25) is 0 Å². The number of amides is 4. The van der Waals surface area contributed by atoms with Crippen LogP contribution in [0, 0.1) is 0 Å². The molecule has 6 nitrogen and oxygen atoms in total. The van der Waals surface area contributed by atoms with E-state index in [9.17, 15) is 9.59 Å². The van der Waals surface area contributed by atoms with Crippen LogP contribution in [0.25, 0.3) is 0 Å². The van der Waals surface area contributed by atoms with E-state index < -0.39 is 6.03 Å². The molecule has 6 heteroatoms. The van der Waals surface area contributed by atoms with Crippen molar-refractivity contribution in [2.45, 2.75) is 12.6 Å². The second-order valence-electron chi connectivity index (χ2n) is 2.25. The minimum Gasteiger partial charge on any atom is -0.352 e. The molecule has 0 bridgehead atoms. The molecule has 1 heterocycles. The summed E-state index contributed by atoms with van der Waals surface area (Å²) in [6.45, 7) is 0.552.